The molecule has 0 unspecified atom stereocenters. The number of fused-ring (bicyclic) bond motifs is 1. The fourth-order valence-corrected chi connectivity index (χ4v) is 4.18. The van der Waals surface area contributed by atoms with Gasteiger partial charge in [0.2, 0.25) is 0 Å². The lowest BCUT2D eigenvalue weighted by Gasteiger charge is -2.33. The molecule has 1 aromatic carbocycles. The average molecular weight is 298 g/mol. The van der Waals surface area contributed by atoms with Gasteiger partial charge in [0, 0.05) is 11.9 Å². The first-order valence-corrected chi connectivity index (χ1v) is 8.56. The van der Waals surface area contributed by atoms with E-state index in [1.165, 1.54) is 62.0 Å². The van der Waals surface area contributed by atoms with Crippen LogP contribution in [0, 0.1) is 19.3 Å². The molecule has 1 spiro atoms. The van der Waals surface area contributed by atoms with Crippen molar-refractivity contribution in [1.82, 2.24) is 10.2 Å². The van der Waals surface area contributed by atoms with Crippen LogP contribution in [0.25, 0.3) is 11.0 Å². The summed E-state index contributed by atoms with van der Waals surface area (Å²) in [6, 6.07) is 6.65. The minimum atomic E-state index is 0.574. The first-order chi connectivity index (χ1) is 10.6. The highest BCUT2D eigenvalue weighted by atomic mass is 16.3. The Hall–Kier alpha value is -1.32. The van der Waals surface area contributed by atoms with Crippen LogP contribution in [0.5, 0.6) is 0 Å². The van der Waals surface area contributed by atoms with Gasteiger partial charge >= 0.3 is 0 Å². The molecular weight excluding hydrogens is 272 g/mol. The molecule has 3 nitrogen and oxygen atoms in total. The maximum absolute atomic E-state index is 6.09. The molecule has 0 amide bonds. The first-order valence-electron chi connectivity index (χ1n) is 8.56. The second kappa shape index (κ2) is 5.39. The van der Waals surface area contributed by atoms with Gasteiger partial charge in [0.25, 0.3) is 0 Å². The molecule has 3 heterocycles. The number of rotatable bonds is 2. The van der Waals surface area contributed by atoms with Crippen LogP contribution in [0.3, 0.4) is 0 Å². The SMILES string of the molecule is Cc1cc2cc(CN3CCC4(CCNCC4)C3)oc2cc1C. The summed E-state index contributed by atoms with van der Waals surface area (Å²) in [6.07, 6.45) is 4.02. The normalized spacial score (nSPS) is 21.9. The van der Waals surface area contributed by atoms with Crippen molar-refractivity contribution in [2.75, 3.05) is 26.2 Å². The largest absolute Gasteiger partial charge is 0.460 e. The van der Waals surface area contributed by atoms with Gasteiger partial charge in [-0.05, 0) is 87.5 Å². The quantitative estimate of drug-likeness (QED) is 0.918. The lowest BCUT2D eigenvalue weighted by atomic mass is 9.78. The zero-order chi connectivity index (χ0) is 15.2. The molecule has 22 heavy (non-hydrogen) atoms. The van der Waals surface area contributed by atoms with Crippen molar-refractivity contribution in [2.24, 2.45) is 5.41 Å². The third-order valence-electron chi connectivity index (χ3n) is 5.74. The van der Waals surface area contributed by atoms with E-state index < -0.39 is 0 Å². The summed E-state index contributed by atoms with van der Waals surface area (Å²) in [4.78, 5) is 2.59. The van der Waals surface area contributed by atoms with E-state index in [1.54, 1.807) is 0 Å². The summed E-state index contributed by atoms with van der Waals surface area (Å²) in [6.45, 7) is 10.1. The van der Waals surface area contributed by atoms with Crippen molar-refractivity contribution in [3.8, 4) is 0 Å². The number of nitrogens with zero attached hydrogens (tertiary/aromatic N) is 1. The summed E-state index contributed by atoms with van der Waals surface area (Å²) in [7, 11) is 0. The van der Waals surface area contributed by atoms with Crippen molar-refractivity contribution < 1.29 is 4.42 Å². The summed E-state index contributed by atoms with van der Waals surface area (Å²) in [5, 5.41) is 4.74. The second-order valence-corrected chi connectivity index (χ2v) is 7.40. The smallest absolute Gasteiger partial charge is 0.134 e. The van der Waals surface area contributed by atoms with Gasteiger partial charge in [0.05, 0.1) is 6.54 Å². The molecule has 118 valence electrons. The Labute approximate surface area is 132 Å². The van der Waals surface area contributed by atoms with Crippen molar-refractivity contribution in [2.45, 2.75) is 39.7 Å². The van der Waals surface area contributed by atoms with Gasteiger partial charge < -0.3 is 9.73 Å². The monoisotopic (exact) mass is 298 g/mol. The van der Waals surface area contributed by atoms with E-state index in [-0.39, 0.29) is 0 Å². The Balaban J connectivity index is 1.49. The Morgan fingerprint density at radius 3 is 2.68 bits per heavy atom. The number of likely N-dealkylation sites (tertiary alicyclic amines) is 1. The predicted molar refractivity (Wildman–Crippen MR) is 90.1 cm³/mol. The molecule has 3 heteroatoms. The van der Waals surface area contributed by atoms with Gasteiger partial charge in [-0.2, -0.15) is 0 Å². The number of piperidine rings is 1. The van der Waals surface area contributed by atoms with E-state index in [4.69, 9.17) is 4.42 Å². The highest BCUT2D eigenvalue weighted by Gasteiger charge is 2.38. The van der Waals surface area contributed by atoms with E-state index in [0.29, 0.717) is 5.41 Å². The molecule has 1 N–H and O–H groups in total. The highest BCUT2D eigenvalue weighted by Crippen LogP contribution is 2.39. The lowest BCUT2D eigenvalue weighted by Crippen LogP contribution is -2.38. The van der Waals surface area contributed by atoms with Gasteiger partial charge in [-0.15, -0.1) is 0 Å². The maximum atomic E-state index is 6.09. The van der Waals surface area contributed by atoms with E-state index in [9.17, 15) is 0 Å². The molecule has 0 atom stereocenters. The fourth-order valence-electron chi connectivity index (χ4n) is 4.18. The number of hydrogen-bond acceptors (Lipinski definition) is 3. The standard InChI is InChI=1S/C19H26N2O/c1-14-9-16-11-17(22-18(16)10-15(14)2)12-21-8-5-19(13-21)3-6-20-7-4-19/h9-11,20H,3-8,12-13H2,1-2H3. The maximum Gasteiger partial charge on any atom is 0.134 e. The molecule has 2 aliphatic rings. The molecule has 0 radical (unpaired) electrons. The minimum absolute atomic E-state index is 0.574. The number of hydrogen-bond donors (Lipinski definition) is 1. The van der Waals surface area contributed by atoms with Crippen LogP contribution < -0.4 is 5.32 Å². The third kappa shape index (κ3) is 2.57. The summed E-state index contributed by atoms with van der Waals surface area (Å²) >= 11 is 0. The summed E-state index contributed by atoms with van der Waals surface area (Å²) < 4.78 is 6.09. The Morgan fingerprint density at radius 1 is 1.09 bits per heavy atom. The molecule has 4 rings (SSSR count). The van der Waals surface area contributed by atoms with Crippen LogP contribution in [0.15, 0.2) is 22.6 Å². The Kier molecular flexibility index (Phi) is 3.50. The Morgan fingerprint density at radius 2 is 1.86 bits per heavy atom. The zero-order valence-corrected chi connectivity index (χ0v) is 13.7. The topological polar surface area (TPSA) is 28.4 Å². The highest BCUT2D eigenvalue weighted by molar-refractivity contribution is 5.79. The van der Waals surface area contributed by atoms with Crippen LogP contribution in [0.2, 0.25) is 0 Å². The predicted octanol–water partition coefficient (Wildman–Crippen LogP) is 3.63. The Bertz CT molecular complexity index is 643. The van der Waals surface area contributed by atoms with Crippen molar-refractivity contribution in [3.63, 3.8) is 0 Å². The van der Waals surface area contributed by atoms with Crippen LogP contribution in [0.4, 0.5) is 0 Å². The van der Waals surface area contributed by atoms with Crippen molar-refractivity contribution >= 4 is 11.0 Å². The van der Waals surface area contributed by atoms with Gasteiger partial charge in [-0.1, -0.05) is 0 Å². The van der Waals surface area contributed by atoms with E-state index >= 15 is 0 Å². The molecular formula is C19H26N2O. The van der Waals surface area contributed by atoms with Gasteiger partial charge in [-0.25, -0.2) is 0 Å². The number of aryl methyl sites for hydroxylation is 2. The van der Waals surface area contributed by atoms with Crippen LogP contribution in [-0.4, -0.2) is 31.1 Å². The van der Waals surface area contributed by atoms with E-state index in [0.717, 1.165) is 17.9 Å². The number of furan rings is 1. The number of nitrogens with one attached hydrogen (secondary N) is 1. The van der Waals surface area contributed by atoms with Gasteiger partial charge in [-0.3, -0.25) is 4.90 Å². The minimum Gasteiger partial charge on any atom is -0.460 e. The lowest BCUT2D eigenvalue weighted by molar-refractivity contribution is 0.189. The molecule has 0 aliphatic carbocycles. The fraction of sp³-hybridized carbons (Fsp3) is 0.579. The van der Waals surface area contributed by atoms with Crippen LogP contribution in [-0.2, 0) is 6.54 Å². The van der Waals surface area contributed by atoms with Crippen LogP contribution in [0.1, 0.15) is 36.1 Å². The molecule has 0 saturated carbocycles. The van der Waals surface area contributed by atoms with Gasteiger partial charge in [0.1, 0.15) is 11.3 Å². The van der Waals surface area contributed by atoms with E-state index in [2.05, 4.69) is 42.3 Å². The van der Waals surface area contributed by atoms with Gasteiger partial charge in [0.15, 0.2) is 0 Å². The van der Waals surface area contributed by atoms with Crippen molar-refractivity contribution in [1.29, 1.82) is 0 Å². The summed E-state index contributed by atoms with van der Waals surface area (Å²) in [5.74, 6) is 1.12. The molecule has 2 fully saturated rings. The summed E-state index contributed by atoms with van der Waals surface area (Å²) in [5.41, 5.74) is 4.26. The molecule has 2 aromatic rings. The third-order valence-corrected chi connectivity index (χ3v) is 5.74. The van der Waals surface area contributed by atoms with Crippen LogP contribution >= 0.6 is 0 Å². The molecule has 2 aliphatic heterocycles. The molecule has 1 aromatic heterocycles. The number of benzene rings is 1. The first kappa shape index (κ1) is 14.3. The zero-order valence-electron chi connectivity index (χ0n) is 13.7. The van der Waals surface area contributed by atoms with E-state index in [1.807, 2.05) is 0 Å². The average Bonchev–Trinajstić information content (AvgIpc) is 3.05. The molecule has 2 saturated heterocycles. The molecule has 0 bridgehead atoms. The van der Waals surface area contributed by atoms with Crippen molar-refractivity contribution in [3.05, 3.63) is 35.1 Å². The second-order valence-electron chi connectivity index (χ2n) is 7.40.